The molecule has 2 rings (SSSR count). The maximum Gasteiger partial charge on any atom is 0.258 e. The third kappa shape index (κ3) is 3.23. The first-order valence-electron chi connectivity index (χ1n) is 6.55. The number of pyridine rings is 1. The predicted octanol–water partition coefficient (Wildman–Crippen LogP) is 2.75. The van der Waals surface area contributed by atoms with E-state index in [0.717, 1.165) is 5.56 Å². The molecular formula is C16H14FN3O. The average Bonchev–Trinajstić information content (AvgIpc) is 2.52. The topological polar surface area (TPSA) is 57.0 Å². The van der Waals surface area contributed by atoms with Crippen LogP contribution in [-0.2, 0) is 6.54 Å². The molecule has 1 heterocycles. The molecule has 0 atom stereocenters. The lowest BCUT2D eigenvalue weighted by Crippen LogP contribution is -2.31. The molecule has 0 spiro atoms. The highest BCUT2D eigenvalue weighted by Crippen LogP contribution is 2.14. The number of amides is 1. The number of carbonyl (C=O) groups excluding carboxylic acids is 1. The number of rotatable bonds is 4. The van der Waals surface area contributed by atoms with Gasteiger partial charge in [0.1, 0.15) is 0 Å². The first-order valence-corrected chi connectivity index (χ1v) is 6.55. The standard InChI is InChI=1S/C16H14FN3O/c1-2-20(11-13-7-4-3-6-12(13)10-18)16(21)14-8-5-9-19-15(14)17/h3-9H,2,11H2,1H3. The number of hydrogen-bond donors (Lipinski definition) is 0. The van der Waals surface area contributed by atoms with Crippen molar-refractivity contribution in [3.05, 3.63) is 65.2 Å². The Morgan fingerprint density at radius 3 is 2.76 bits per heavy atom. The van der Waals surface area contributed by atoms with Gasteiger partial charge in [-0.2, -0.15) is 9.65 Å². The summed E-state index contributed by atoms with van der Waals surface area (Å²) in [5.74, 6) is -1.22. The van der Waals surface area contributed by atoms with Crippen LogP contribution in [0.5, 0.6) is 0 Å². The van der Waals surface area contributed by atoms with Crippen molar-refractivity contribution >= 4 is 5.91 Å². The van der Waals surface area contributed by atoms with Crippen LogP contribution < -0.4 is 0 Å². The van der Waals surface area contributed by atoms with E-state index in [9.17, 15) is 9.18 Å². The van der Waals surface area contributed by atoms with E-state index in [-0.39, 0.29) is 12.1 Å². The van der Waals surface area contributed by atoms with E-state index in [0.29, 0.717) is 12.1 Å². The van der Waals surface area contributed by atoms with Crippen LogP contribution in [0.4, 0.5) is 4.39 Å². The number of nitriles is 1. The van der Waals surface area contributed by atoms with E-state index in [1.165, 1.54) is 23.2 Å². The number of hydrogen-bond acceptors (Lipinski definition) is 3. The van der Waals surface area contributed by atoms with Crippen molar-refractivity contribution in [3.63, 3.8) is 0 Å². The fourth-order valence-electron chi connectivity index (χ4n) is 2.02. The van der Waals surface area contributed by atoms with Gasteiger partial charge < -0.3 is 4.90 Å². The Bertz CT molecular complexity index is 694. The first kappa shape index (κ1) is 14.7. The van der Waals surface area contributed by atoms with E-state index < -0.39 is 11.9 Å². The summed E-state index contributed by atoms with van der Waals surface area (Å²) < 4.78 is 13.6. The molecule has 1 aromatic carbocycles. The van der Waals surface area contributed by atoms with Crippen LogP contribution in [0.1, 0.15) is 28.4 Å². The van der Waals surface area contributed by atoms with Gasteiger partial charge in [0.05, 0.1) is 17.2 Å². The Hall–Kier alpha value is -2.74. The second kappa shape index (κ2) is 6.62. The van der Waals surface area contributed by atoms with Crippen LogP contribution in [0.15, 0.2) is 42.6 Å². The van der Waals surface area contributed by atoms with E-state index in [1.807, 2.05) is 0 Å². The Labute approximate surface area is 122 Å². The Morgan fingerprint density at radius 1 is 1.33 bits per heavy atom. The van der Waals surface area contributed by atoms with Crippen LogP contribution in [-0.4, -0.2) is 22.3 Å². The normalized spacial score (nSPS) is 9.95. The summed E-state index contributed by atoms with van der Waals surface area (Å²) in [6.07, 6.45) is 1.30. The molecule has 5 heteroatoms. The minimum atomic E-state index is -0.783. The molecule has 0 aliphatic heterocycles. The molecular weight excluding hydrogens is 269 g/mol. The summed E-state index contributed by atoms with van der Waals surface area (Å²) in [6.45, 7) is 2.47. The second-order valence-corrected chi connectivity index (χ2v) is 4.43. The van der Waals surface area contributed by atoms with Crippen molar-refractivity contribution in [2.45, 2.75) is 13.5 Å². The van der Waals surface area contributed by atoms with Crippen LogP contribution >= 0.6 is 0 Å². The molecule has 21 heavy (non-hydrogen) atoms. The quantitative estimate of drug-likeness (QED) is 0.811. The summed E-state index contributed by atoms with van der Waals surface area (Å²) in [6, 6.07) is 12.1. The molecule has 0 N–H and O–H groups in total. The van der Waals surface area contributed by atoms with Crippen molar-refractivity contribution < 1.29 is 9.18 Å². The molecule has 4 nitrogen and oxygen atoms in total. The van der Waals surface area contributed by atoms with Crippen molar-refractivity contribution in [2.75, 3.05) is 6.54 Å². The van der Waals surface area contributed by atoms with Crippen molar-refractivity contribution in [3.8, 4) is 6.07 Å². The fraction of sp³-hybridized carbons (Fsp3) is 0.188. The van der Waals surface area contributed by atoms with Gasteiger partial charge in [0.25, 0.3) is 5.91 Å². The number of carbonyl (C=O) groups is 1. The maximum atomic E-state index is 13.6. The van der Waals surface area contributed by atoms with E-state index >= 15 is 0 Å². The zero-order valence-electron chi connectivity index (χ0n) is 11.6. The lowest BCUT2D eigenvalue weighted by Gasteiger charge is -2.21. The molecule has 1 aromatic heterocycles. The number of halogens is 1. The predicted molar refractivity (Wildman–Crippen MR) is 75.8 cm³/mol. The highest BCUT2D eigenvalue weighted by atomic mass is 19.1. The average molecular weight is 283 g/mol. The summed E-state index contributed by atoms with van der Waals surface area (Å²) >= 11 is 0. The molecule has 0 aliphatic carbocycles. The molecule has 0 fully saturated rings. The first-order chi connectivity index (χ1) is 10.2. The van der Waals surface area contributed by atoms with Crippen molar-refractivity contribution in [2.24, 2.45) is 0 Å². The van der Waals surface area contributed by atoms with Crippen molar-refractivity contribution in [1.82, 2.24) is 9.88 Å². The van der Waals surface area contributed by atoms with Gasteiger partial charge in [-0.15, -0.1) is 0 Å². The lowest BCUT2D eigenvalue weighted by molar-refractivity contribution is 0.0746. The van der Waals surface area contributed by atoms with Gasteiger partial charge in [-0.05, 0) is 30.7 Å². The SMILES string of the molecule is CCN(Cc1ccccc1C#N)C(=O)c1cccnc1F. The fourth-order valence-corrected chi connectivity index (χ4v) is 2.02. The third-order valence-electron chi connectivity index (χ3n) is 3.16. The van der Waals surface area contributed by atoms with Gasteiger partial charge >= 0.3 is 0 Å². The van der Waals surface area contributed by atoms with E-state index in [4.69, 9.17) is 5.26 Å². The highest BCUT2D eigenvalue weighted by Gasteiger charge is 2.19. The number of nitrogens with zero attached hydrogens (tertiary/aromatic N) is 3. The van der Waals surface area contributed by atoms with Gasteiger partial charge in [-0.25, -0.2) is 4.98 Å². The Morgan fingerprint density at radius 2 is 2.10 bits per heavy atom. The van der Waals surface area contributed by atoms with Crippen LogP contribution in [0.2, 0.25) is 0 Å². The van der Waals surface area contributed by atoms with Gasteiger partial charge in [0.15, 0.2) is 0 Å². The van der Waals surface area contributed by atoms with Crippen LogP contribution in [0.3, 0.4) is 0 Å². The zero-order valence-corrected chi connectivity index (χ0v) is 11.6. The molecule has 0 unspecified atom stereocenters. The highest BCUT2D eigenvalue weighted by molar-refractivity contribution is 5.94. The minimum Gasteiger partial charge on any atom is -0.334 e. The molecule has 0 saturated carbocycles. The summed E-state index contributed by atoms with van der Waals surface area (Å²) in [7, 11) is 0. The molecule has 0 bridgehead atoms. The molecule has 0 saturated heterocycles. The molecule has 2 aromatic rings. The van der Waals surface area contributed by atoms with E-state index in [1.54, 1.807) is 31.2 Å². The molecule has 0 radical (unpaired) electrons. The Kier molecular flexibility index (Phi) is 4.62. The van der Waals surface area contributed by atoms with Gasteiger partial charge in [0.2, 0.25) is 5.95 Å². The minimum absolute atomic E-state index is 0.0613. The van der Waals surface area contributed by atoms with Crippen LogP contribution in [0.25, 0.3) is 0 Å². The third-order valence-corrected chi connectivity index (χ3v) is 3.16. The van der Waals surface area contributed by atoms with Gasteiger partial charge in [-0.1, -0.05) is 18.2 Å². The van der Waals surface area contributed by atoms with Crippen molar-refractivity contribution in [1.29, 1.82) is 5.26 Å². The molecule has 106 valence electrons. The van der Waals surface area contributed by atoms with Crippen LogP contribution in [0, 0.1) is 17.3 Å². The monoisotopic (exact) mass is 283 g/mol. The summed E-state index contributed by atoms with van der Waals surface area (Å²) in [5.41, 5.74) is 1.18. The maximum absolute atomic E-state index is 13.6. The summed E-state index contributed by atoms with van der Waals surface area (Å²) in [4.78, 5) is 17.3. The van der Waals surface area contributed by atoms with E-state index in [2.05, 4.69) is 11.1 Å². The Balaban J connectivity index is 2.27. The van der Waals surface area contributed by atoms with Gasteiger partial charge in [0, 0.05) is 19.3 Å². The zero-order chi connectivity index (χ0) is 15.2. The lowest BCUT2D eigenvalue weighted by atomic mass is 10.1. The summed E-state index contributed by atoms with van der Waals surface area (Å²) in [5, 5.41) is 9.08. The van der Waals surface area contributed by atoms with Gasteiger partial charge in [-0.3, -0.25) is 4.79 Å². The molecule has 1 amide bonds. The largest absolute Gasteiger partial charge is 0.334 e. The number of benzene rings is 1. The molecule has 0 aliphatic rings. The number of aromatic nitrogens is 1. The smallest absolute Gasteiger partial charge is 0.258 e. The second-order valence-electron chi connectivity index (χ2n) is 4.43.